The summed E-state index contributed by atoms with van der Waals surface area (Å²) < 4.78 is 1.89. The molecule has 0 saturated carbocycles. The zero-order chi connectivity index (χ0) is 18.8. The zero-order valence-corrected chi connectivity index (χ0v) is 16.3. The van der Waals surface area contributed by atoms with Crippen LogP contribution in [0, 0.1) is 12.8 Å². The molecule has 0 aliphatic carbocycles. The topological polar surface area (TPSA) is 63.1 Å². The maximum atomic E-state index is 13.3. The summed E-state index contributed by atoms with van der Waals surface area (Å²) in [6.45, 7) is 7.10. The quantitative estimate of drug-likeness (QED) is 0.905. The third-order valence-electron chi connectivity index (χ3n) is 6.03. The van der Waals surface area contributed by atoms with Gasteiger partial charge in [0.15, 0.2) is 5.69 Å². The first-order valence-corrected chi connectivity index (χ1v) is 10.1. The summed E-state index contributed by atoms with van der Waals surface area (Å²) in [5.74, 6) is 0.442. The highest BCUT2D eigenvalue weighted by Gasteiger charge is 2.34. The Morgan fingerprint density at radius 2 is 1.89 bits per heavy atom. The number of aryl methyl sites for hydroxylation is 1. The van der Waals surface area contributed by atoms with Crippen molar-refractivity contribution in [1.82, 2.24) is 25.2 Å². The van der Waals surface area contributed by atoms with Crippen LogP contribution in [0.5, 0.6) is 0 Å². The maximum absolute atomic E-state index is 13.3. The van der Waals surface area contributed by atoms with E-state index in [2.05, 4.69) is 53.7 Å². The van der Waals surface area contributed by atoms with Crippen LogP contribution >= 0.6 is 0 Å². The van der Waals surface area contributed by atoms with Crippen LogP contribution < -0.4 is 5.32 Å². The molecule has 2 aliphatic rings. The van der Waals surface area contributed by atoms with Gasteiger partial charge in [-0.3, -0.25) is 4.79 Å². The second-order valence-corrected chi connectivity index (χ2v) is 8.04. The molecule has 0 spiro atoms. The molecule has 4 rings (SSSR count). The van der Waals surface area contributed by atoms with Gasteiger partial charge in [0, 0.05) is 6.54 Å². The number of rotatable bonds is 3. The van der Waals surface area contributed by atoms with Crippen LogP contribution in [0.2, 0.25) is 0 Å². The number of carbonyl (C=O) groups excluding carboxylic acids is 1. The number of hydrogen-bond donors (Lipinski definition) is 1. The van der Waals surface area contributed by atoms with Crippen molar-refractivity contribution in [1.29, 1.82) is 0 Å². The Balaban J connectivity index is 1.57. The van der Waals surface area contributed by atoms with Gasteiger partial charge >= 0.3 is 0 Å². The Labute approximate surface area is 160 Å². The van der Waals surface area contributed by atoms with Gasteiger partial charge < -0.3 is 10.2 Å². The molecule has 2 atom stereocenters. The van der Waals surface area contributed by atoms with Crippen molar-refractivity contribution in [2.75, 3.05) is 19.6 Å². The summed E-state index contributed by atoms with van der Waals surface area (Å²) >= 11 is 0. The Morgan fingerprint density at radius 1 is 1.15 bits per heavy atom. The Hall–Kier alpha value is -2.21. The molecular formula is C21H29N5O. The molecule has 0 unspecified atom stereocenters. The predicted octanol–water partition coefficient (Wildman–Crippen LogP) is 3.12. The number of nitrogens with zero attached hydrogens (tertiary/aromatic N) is 4. The van der Waals surface area contributed by atoms with Gasteiger partial charge in [0.25, 0.3) is 5.91 Å². The summed E-state index contributed by atoms with van der Waals surface area (Å²) in [6.07, 6.45) is 6.10. The van der Waals surface area contributed by atoms with E-state index in [-0.39, 0.29) is 11.9 Å². The van der Waals surface area contributed by atoms with E-state index in [0.29, 0.717) is 17.7 Å². The molecule has 27 heavy (non-hydrogen) atoms. The van der Waals surface area contributed by atoms with Gasteiger partial charge in [-0.1, -0.05) is 42.0 Å². The van der Waals surface area contributed by atoms with Gasteiger partial charge in [0.05, 0.1) is 18.3 Å². The summed E-state index contributed by atoms with van der Waals surface area (Å²) in [7, 11) is 0. The van der Waals surface area contributed by atoms with Crippen molar-refractivity contribution >= 4 is 5.91 Å². The van der Waals surface area contributed by atoms with Crippen LogP contribution in [0.4, 0.5) is 0 Å². The van der Waals surface area contributed by atoms with E-state index < -0.39 is 0 Å². The average Bonchev–Trinajstić information content (AvgIpc) is 3.19. The molecule has 2 aromatic rings. The summed E-state index contributed by atoms with van der Waals surface area (Å²) in [4.78, 5) is 15.3. The van der Waals surface area contributed by atoms with E-state index in [1.54, 1.807) is 0 Å². The van der Waals surface area contributed by atoms with Gasteiger partial charge in [-0.05, 0) is 57.2 Å². The zero-order valence-electron chi connectivity index (χ0n) is 16.3. The van der Waals surface area contributed by atoms with Crippen molar-refractivity contribution < 1.29 is 4.79 Å². The minimum absolute atomic E-state index is 0.00677. The van der Waals surface area contributed by atoms with E-state index in [1.807, 2.05) is 15.8 Å². The highest BCUT2D eigenvalue weighted by atomic mass is 16.2. The molecule has 2 aliphatic heterocycles. The molecule has 1 amide bonds. The standard InChI is InChI=1S/C21H29N5O/c1-15-5-7-17(8-6-15)20-16(2)4-3-13-25(20)21(27)19-14-26(24-23-19)18-9-11-22-12-10-18/h5-8,14,16,18,20,22H,3-4,9-13H2,1-2H3/t16-,20-/m0/s1. The number of nitrogens with one attached hydrogen (secondary N) is 1. The summed E-state index contributed by atoms with van der Waals surface area (Å²) in [6, 6.07) is 9.03. The lowest BCUT2D eigenvalue weighted by molar-refractivity contribution is 0.0507. The molecule has 0 radical (unpaired) electrons. The molecule has 6 nitrogen and oxygen atoms in total. The van der Waals surface area contributed by atoms with Crippen LogP contribution in [0.3, 0.4) is 0 Å². The lowest BCUT2D eigenvalue weighted by atomic mass is 9.85. The van der Waals surface area contributed by atoms with Gasteiger partial charge in [0.1, 0.15) is 0 Å². The van der Waals surface area contributed by atoms with Crippen molar-refractivity contribution in [3.05, 3.63) is 47.3 Å². The number of amides is 1. The van der Waals surface area contributed by atoms with E-state index in [4.69, 9.17) is 0 Å². The Kier molecular flexibility index (Phi) is 5.25. The largest absolute Gasteiger partial charge is 0.330 e. The van der Waals surface area contributed by atoms with Gasteiger partial charge in [-0.25, -0.2) is 4.68 Å². The maximum Gasteiger partial charge on any atom is 0.276 e. The number of piperidine rings is 2. The van der Waals surface area contributed by atoms with Crippen molar-refractivity contribution in [3.63, 3.8) is 0 Å². The number of aromatic nitrogens is 3. The minimum Gasteiger partial charge on any atom is -0.330 e. The number of likely N-dealkylation sites (tertiary alicyclic amines) is 1. The van der Waals surface area contributed by atoms with E-state index in [1.165, 1.54) is 11.1 Å². The molecule has 144 valence electrons. The first-order chi connectivity index (χ1) is 13.1. The highest BCUT2D eigenvalue weighted by Crippen LogP contribution is 2.36. The molecule has 0 bridgehead atoms. The fourth-order valence-corrected chi connectivity index (χ4v) is 4.46. The SMILES string of the molecule is Cc1ccc([C@@H]2[C@@H](C)CCCN2C(=O)c2cn(C3CCNCC3)nn2)cc1. The van der Waals surface area contributed by atoms with Gasteiger partial charge in [0.2, 0.25) is 0 Å². The van der Waals surface area contributed by atoms with E-state index in [9.17, 15) is 4.79 Å². The fraction of sp³-hybridized carbons (Fsp3) is 0.571. The molecule has 1 aromatic heterocycles. The normalized spacial score (nSPS) is 24.1. The number of benzene rings is 1. The lowest BCUT2D eigenvalue weighted by Crippen LogP contribution is -2.42. The average molecular weight is 367 g/mol. The van der Waals surface area contributed by atoms with E-state index in [0.717, 1.165) is 45.3 Å². The van der Waals surface area contributed by atoms with Crippen LogP contribution in [0.25, 0.3) is 0 Å². The molecule has 6 heteroatoms. The molecule has 2 saturated heterocycles. The second-order valence-electron chi connectivity index (χ2n) is 8.04. The summed E-state index contributed by atoms with van der Waals surface area (Å²) in [5.41, 5.74) is 2.93. The van der Waals surface area contributed by atoms with Crippen molar-refractivity contribution in [2.45, 2.75) is 51.6 Å². The third-order valence-corrected chi connectivity index (χ3v) is 6.03. The van der Waals surface area contributed by atoms with Crippen LogP contribution in [-0.2, 0) is 0 Å². The fourth-order valence-electron chi connectivity index (χ4n) is 4.46. The third kappa shape index (κ3) is 3.76. The van der Waals surface area contributed by atoms with Crippen LogP contribution in [-0.4, -0.2) is 45.4 Å². The Bertz CT molecular complexity index is 778. The molecule has 2 fully saturated rings. The van der Waals surface area contributed by atoms with E-state index >= 15 is 0 Å². The Morgan fingerprint density at radius 3 is 2.63 bits per heavy atom. The van der Waals surface area contributed by atoms with Gasteiger partial charge in [-0.15, -0.1) is 5.10 Å². The molecular weight excluding hydrogens is 338 g/mol. The molecule has 1 aromatic carbocycles. The molecule has 3 heterocycles. The van der Waals surface area contributed by atoms with Crippen LogP contribution in [0.1, 0.15) is 66.3 Å². The van der Waals surface area contributed by atoms with Crippen molar-refractivity contribution in [3.8, 4) is 0 Å². The van der Waals surface area contributed by atoms with Crippen LogP contribution in [0.15, 0.2) is 30.5 Å². The highest BCUT2D eigenvalue weighted by molar-refractivity contribution is 5.92. The number of carbonyl (C=O) groups is 1. The predicted molar refractivity (Wildman–Crippen MR) is 105 cm³/mol. The van der Waals surface area contributed by atoms with Gasteiger partial charge in [-0.2, -0.15) is 0 Å². The summed E-state index contributed by atoms with van der Waals surface area (Å²) in [5, 5.41) is 11.9. The second kappa shape index (κ2) is 7.80. The first kappa shape index (κ1) is 18.2. The van der Waals surface area contributed by atoms with Crippen molar-refractivity contribution in [2.24, 2.45) is 5.92 Å². The smallest absolute Gasteiger partial charge is 0.276 e. The minimum atomic E-state index is 0.00677. The number of hydrogen-bond acceptors (Lipinski definition) is 4. The first-order valence-electron chi connectivity index (χ1n) is 10.1. The lowest BCUT2D eigenvalue weighted by Gasteiger charge is -2.40. The molecule has 1 N–H and O–H groups in total. The monoisotopic (exact) mass is 367 g/mol.